The largest absolute Gasteiger partial charge is 0.439 e. The van der Waals surface area contributed by atoms with Gasteiger partial charge in [0.25, 0.3) is 0 Å². The molecule has 2 aromatic carbocycles. The van der Waals surface area contributed by atoms with Gasteiger partial charge in [-0.3, -0.25) is 4.90 Å². The number of rotatable bonds is 7. The molecule has 9 nitrogen and oxygen atoms in total. The average Bonchev–Trinajstić information content (AvgIpc) is 3.50. The van der Waals surface area contributed by atoms with Crippen molar-refractivity contribution in [1.29, 1.82) is 0 Å². The lowest BCUT2D eigenvalue weighted by Crippen LogP contribution is -2.45. The van der Waals surface area contributed by atoms with E-state index in [0.717, 1.165) is 38.8 Å². The SMILES string of the molecule is CCN1CCN(Cc2ccc(Nc3nc4ccc(Oc5ccc6nc(N)sc6n5)cc4[nH]3)cc2C(F)(F)F)CC1. The number of likely N-dealkylation sites (N-methyl/N-ethyl adjacent to an activating group) is 1. The molecule has 0 atom stereocenters. The lowest BCUT2D eigenvalue weighted by Gasteiger charge is -2.34. The third-order valence-corrected chi connectivity index (χ3v) is 7.70. The van der Waals surface area contributed by atoms with E-state index in [1.54, 1.807) is 42.5 Å². The number of alkyl halides is 3. The van der Waals surface area contributed by atoms with Crippen molar-refractivity contribution in [3.05, 3.63) is 59.7 Å². The lowest BCUT2D eigenvalue weighted by atomic mass is 10.0. The second-order valence-electron chi connectivity index (χ2n) is 9.60. The van der Waals surface area contributed by atoms with Crippen LogP contribution in [0.1, 0.15) is 18.1 Å². The van der Waals surface area contributed by atoms with E-state index in [2.05, 4.69) is 42.0 Å². The van der Waals surface area contributed by atoms with Crippen molar-refractivity contribution in [2.24, 2.45) is 0 Å². The summed E-state index contributed by atoms with van der Waals surface area (Å²) in [6.07, 6.45) is -4.47. The molecule has 13 heteroatoms. The fraction of sp³-hybridized carbons (Fsp3) is 0.296. The Balaban J connectivity index is 1.18. The number of thiazole rings is 1. The predicted molar refractivity (Wildman–Crippen MR) is 150 cm³/mol. The van der Waals surface area contributed by atoms with Gasteiger partial charge in [0.1, 0.15) is 16.1 Å². The molecule has 1 fully saturated rings. The van der Waals surface area contributed by atoms with Crippen LogP contribution in [0.15, 0.2) is 48.5 Å². The minimum atomic E-state index is -4.47. The smallest absolute Gasteiger partial charge is 0.416 e. The van der Waals surface area contributed by atoms with Gasteiger partial charge >= 0.3 is 6.18 Å². The first-order valence-electron chi connectivity index (χ1n) is 12.9. The number of H-pyrrole nitrogens is 1. The quantitative estimate of drug-likeness (QED) is 0.225. The minimum absolute atomic E-state index is 0.262. The Labute approximate surface area is 231 Å². The Hall–Kier alpha value is -3.94. The topological polar surface area (TPSA) is 108 Å². The van der Waals surface area contributed by atoms with Gasteiger partial charge in [0.15, 0.2) is 5.13 Å². The number of nitrogens with two attached hydrogens (primary N) is 1. The normalized spacial score (nSPS) is 15.2. The van der Waals surface area contributed by atoms with Gasteiger partial charge in [-0.05, 0) is 42.4 Å². The van der Waals surface area contributed by atoms with Crippen LogP contribution in [0.3, 0.4) is 0 Å². The van der Waals surface area contributed by atoms with Crippen molar-refractivity contribution in [2.75, 3.05) is 43.8 Å². The van der Waals surface area contributed by atoms with Gasteiger partial charge in [-0.15, -0.1) is 0 Å². The summed E-state index contributed by atoms with van der Waals surface area (Å²) in [6, 6.07) is 13.1. The summed E-state index contributed by atoms with van der Waals surface area (Å²) in [7, 11) is 0. The summed E-state index contributed by atoms with van der Waals surface area (Å²) in [5, 5.41) is 3.42. The van der Waals surface area contributed by atoms with Crippen molar-refractivity contribution in [2.45, 2.75) is 19.6 Å². The van der Waals surface area contributed by atoms with Crippen molar-refractivity contribution >= 4 is 49.5 Å². The Morgan fingerprint density at radius 2 is 1.75 bits per heavy atom. The maximum Gasteiger partial charge on any atom is 0.416 e. The van der Waals surface area contributed by atoms with E-state index in [1.165, 1.54) is 11.3 Å². The van der Waals surface area contributed by atoms with Gasteiger partial charge in [-0.1, -0.05) is 24.3 Å². The number of nitrogens with zero attached hydrogens (tertiary/aromatic N) is 5. The number of benzene rings is 2. The van der Waals surface area contributed by atoms with E-state index >= 15 is 0 Å². The van der Waals surface area contributed by atoms with E-state index in [4.69, 9.17) is 10.5 Å². The van der Waals surface area contributed by atoms with E-state index < -0.39 is 11.7 Å². The molecule has 0 aliphatic carbocycles. The molecule has 4 heterocycles. The molecule has 6 rings (SSSR count). The number of anilines is 3. The van der Waals surface area contributed by atoms with Crippen LogP contribution in [0.2, 0.25) is 0 Å². The molecule has 0 unspecified atom stereocenters. The number of nitrogen functional groups attached to an aromatic ring is 1. The summed E-state index contributed by atoms with van der Waals surface area (Å²) >= 11 is 1.27. The molecule has 5 aromatic rings. The van der Waals surface area contributed by atoms with Crippen molar-refractivity contribution in [1.82, 2.24) is 29.7 Å². The van der Waals surface area contributed by atoms with Crippen LogP contribution in [-0.2, 0) is 12.7 Å². The number of ether oxygens (including phenoxy) is 1. The molecule has 1 aliphatic heterocycles. The zero-order valence-corrected chi connectivity index (χ0v) is 22.4. The highest BCUT2D eigenvalue weighted by atomic mass is 32.1. The average molecular weight is 569 g/mol. The third kappa shape index (κ3) is 5.67. The van der Waals surface area contributed by atoms with Crippen LogP contribution < -0.4 is 15.8 Å². The maximum absolute atomic E-state index is 14.0. The highest BCUT2D eigenvalue weighted by Crippen LogP contribution is 2.35. The molecule has 0 spiro atoms. The fourth-order valence-corrected chi connectivity index (χ4v) is 5.50. The van der Waals surface area contributed by atoms with Crippen molar-refractivity contribution in [3.63, 3.8) is 0 Å². The van der Waals surface area contributed by atoms with E-state index in [-0.39, 0.29) is 12.1 Å². The number of imidazole rings is 1. The summed E-state index contributed by atoms with van der Waals surface area (Å²) in [6.45, 7) is 6.54. The number of halogens is 3. The zero-order chi connectivity index (χ0) is 27.9. The highest BCUT2D eigenvalue weighted by molar-refractivity contribution is 7.21. The molecule has 0 saturated carbocycles. The number of hydrogen-bond donors (Lipinski definition) is 3. The Kier molecular flexibility index (Phi) is 6.94. The van der Waals surface area contributed by atoms with Gasteiger partial charge < -0.3 is 25.7 Å². The number of piperazine rings is 1. The molecule has 40 heavy (non-hydrogen) atoms. The Morgan fingerprint density at radius 1 is 0.975 bits per heavy atom. The van der Waals surface area contributed by atoms with Gasteiger partial charge in [0, 0.05) is 50.5 Å². The number of aromatic amines is 1. The van der Waals surface area contributed by atoms with Gasteiger partial charge in [-0.25, -0.2) is 15.0 Å². The molecular formula is C27H27F3N8OS. The highest BCUT2D eigenvalue weighted by Gasteiger charge is 2.34. The van der Waals surface area contributed by atoms with Crippen LogP contribution in [-0.4, -0.2) is 62.5 Å². The maximum atomic E-state index is 14.0. The number of pyridine rings is 1. The van der Waals surface area contributed by atoms with Crippen LogP contribution in [0.25, 0.3) is 21.4 Å². The summed E-state index contributed by atoms with van der Waals surface area (Å²) in [5.74, 6) is 1.24. The minimum Gasteiger partial charge on any atom is -0.439 e. The molecule has 1 aliphatic rings. The number of nitrogens with one attached hydrogen (secondary N) is 2. The Bertz CT molecular complexity index is 1660. The van der Waals surface area contributed by atoms with Crippen LogP contribution in [0, 0.1) is 0 Å². The molecular weight excluding hydrogens is 541 g/mol. The second kappa shape index (κ2) is 10.6. The van der Waals surface area contributed by atoms with Crippen LogP contribution in [0.5, 0.6) is 11.6 Å². The molecule has 4 N–H and O–H groups in total. The van der Waals surface area contributed by atoms with Crippen LogP contribution in [0.4, 0.5) is 29.9 Å². The zero-order valence-electron chi connectivity index (χ0n) is 21.6. The van der Waals surface area contributed by atoms with E-state index in [1.807, 2.05) is 0 Å². The number of hydrogen-bond acceptors (Lipinski definition) is 9. The van der Waals surface area contributed by atoms with Gasteiger partial charge in [0.05, 0.1) is 16.6 Å². The van der Waals surface area contributed by atoms with Gasteiger partial charge in [-0.2, -0.15) is 13.2 Å². The number of fused-ring (bicyclic) bond motifs is 2. The van der Waals surface area contributed by atoms with Gasteiger partial charge in [0.2, 0.25) is 11.8 Å². The summed E-state index contributed by atoms with van der Waals surface area (Å²) in [4.78, 5) is 21.2. The Morgan fingerprint density at radius 3 is 2.52 bits per heavy atom. The second-order valence-corrected chi connectivity index (χ2v) is 10.6. The summed E-state index contributed by atoms with van der Waals surface area (Å²) < 4.78 is 47.9. The molecule has 0 amide bonds. The third-order valence-electron chi connectivity index (χ3n) is 6.91. The molecule has 0 bridgehead atoms. The monoisotopic (exact) mass is 568 g/mol. The standard InChI is InChI=1S/C27H27F3N8OS/c1-2-37-9-11-38(12-10-37)15-16-3-4-17(13-19(16)27(28,29)30)32-26-34-20-6-5-18(14-22(20)35-26)39-23-8-7-21-24(36-23)40-25(31)33-21/h3-8,13-14H,2,9-12,15H2,1H3,(H2,31,33)(H2,32,34,35). The van der Waals surface area contributed by atoms with E-state index in [9.17, 15) is 13.2 Å². The number of aromatic nitrogens is 4. The summed E-state index contributed by atoms with van der Waals surface area (Å²) in [5.41, 5.74) is 7.65. The van der Waals surface area contributed by atoms with E-state index in [0.29, 0.717) is 49.8 Å². The van der Waals surface area contributed by atoms with Crippen molar-refractivity contribution in [3.8, 4) is 11.6 Å². The molecule has 0 radical (unpaired) electrons. The van der Waals surface area contributed by atoms with Crippen LogP contribution >= 0.6 is 11.3 Å². The molecule has 208 valence electrons. The molecule has 1 saturated heterocycles. The first-order valence-corrected chi connectivity index (χ1v) is 13.7. The predicted octanol–water partition coefficient (Wildman–Crippen LogP) is 5.84. The van der Waals surface area contributed by atoms with Crippen molar-refractivity contribution < 1.29 is 17.9 Å². The fourth-order valence-electron chi connectivity index (χ4n) is 4.80. The lowest BCUT2D eigenvalue weighted by molar-refractivity contribution is -0.138. The first kappa shape index (κ1) is 26.3. The first-order chi connectivity index (χ1) is 19.2. The molecule has 3 aromatic heterocycles.